The number of amides is 3. The Balaban J connectivity index is 1.59. The highest BCUT2D eigenvalue weighted by molar-refractivity contribution is 8.01. The average Bonchev–Trinajstić information content (AvgIpc) is 3.06. The van der Waals surface area contributed by atoms with Crippen LogP contribution in [0.1, 0.15) is 71.4 Å². The van der Waals surface area contributed by atoms with Crippen molar-refractivity contribution in [2.45, 2.75) is 76.5 Å². The number of piperazine rings is 1. The van der Waals surface area contributed by atoms with Gasteiger partial charge in [-0.05, 0) is 43.7 Å². The summed E-state index contributed by atoms with van der Waals surface area (Å²) in [5.74, 6) is 0.260. The molecule has 0 saturated carbocycles. The van der Waals surface area contributed by atoms with Crippen molar-refractivity contribution in [3.8, 4) is 0 Å². The van der Waals surface area contributed by atoms with E-state index in [1.165, 1.54) is 11.1 Å². The fourth-order valence-corrected chi connectivity index (χ4v) is 5.74. The maximum atomic E-state index is 13.1. The van der Waals surface area contributed by atoms with Gasteiger partial charge in [-0.15, -0.1) is 11.8 Å². The second-order valence-corrected chi connectivity index (χ2v) is 12.6. The maximum Gasteiger partial charge on any atom is 0.317 e. The van der Waals surface area contributed by atoms with Crippen LogP contribution in [-0.4, -0.2) is 76.7 Å². The summed E-state index contributed by atoms with van der Waals surface area (Å²) in [4.78, 5) is 31.9. The summed E-state index contributed by atoms with van der Waals surface area (Å²) in [5, 5.41) is 3.16. The molecule has 1 aromatic carbocycles. The molecule has 2 saturated heterocycles. The molecule has 1 aromatic rings. The summed E-state index contributed by atoms with van der Waals surface area (Å²) in [7, 11) is 0. The van der Waals surface area contributed by atoms with E-state index >= 15 is 0 Å². The number of urea groups is 1. The first-order chi connectivity index (χ1) is 15.4. The largest absolute Gasteiger partial charge is 0.333 e. The number of hydrogen-bond donors (Lipinski definition) is 1. The summed E-state index contributed by atoms with van der Waals surface area (Å²) < 4.78 is 0. The molecule has 33 heavy (non-hydrogen) atoms. The molecule has 0 unspecified atom stereocenters. The van der Waals surface area contributed by atoms with Gasteiger partial charge in [-0.1, -0.05) is 52.0 Å². The molecule has 6 nitrogen and oxygen atoms in total. The van der Waals surface area contributed by atoms with Gasteiger partial charge in [0.1, 0.15) is 5.37 Å². The average molecular weight is 475 g/mol. The number of hydrogen-bond acceptors (Lipinski definition) is 4. The minimum atomic E-state index is -0.224. The number of carbonyl (C=O) groups excluding carboxylic acids is 2. The lowest BCUT2D eigenvalue weighted by Crippen LogP contribution is -2.55. The molecular weight excluding hydrogens is 432 g/mol. The predicted molar refractivity (Wildman–Crippen MR) is 138 cm³/mol. The van der Waals surface area contributed by atoms with Gasteiger partial charge in [0.2, 0.25) is 5.91 Å². The van der Waals surface area contributed by atoms with Gasteiger partial charge in [-0.3, -0.25) is 9.69 Å². The van der Waals surface area contributed by atoms with E-state index in [9.17, 15) is 9.59 Å². The molecule has 0 bridgehead atoms. The van der Waals surface area contributed by atoms with Gasteiger partial charge >= 0.3 is 6.03 Å². The molecule has 7 heteroatoms. The molecule has 1 N–H and O–H groups in total. The van der Waals surface area contributed by atoms with Crippen molar-refractivity contribution in [2.75, 3.05) is 39.3 Å². The van der Waals surface area contributed by atoms with E-state index in [-0.39, 0.29) is 33.5 Å². The Kier molecular flexibility index (Phi) is 8.05. The molecule has 2 aliphatic rings. The molecule has 2 fully saturated rings. The Morgan fingerprint density at radius 2 is 1.61 bits per heavy atom. The minimum Gasteiger partial charge on any atom is -0.333 e. The predicted octanol–water partition coefficient (Wildman–Crippen LogP) is 4.46. The summed E-state index contributed by atoms with van der Waals surface area (Å²) in [6.45, 7) is 19.5. The zero-order chi connectivity index (χ0) is 24.4. The topological polar surface area (TPSA) is 55.9 Å². The number of carbonyl (C=O) groups is 2. The Hall–Kier alpha value is -1.73. The normalized spacial score (nSPS) is 22.7. The van der Waals surface area contributed by atoms with Crippen molar-refractivity contribution in [3.05, 3.63) is 35.4 Å². The Labute approximate surface area is 204 Å². The highest BCUT2D eigenvalue weighted by Gasteiger charge is 2.40. The summed E-state index contributed by atoms with van der Waals surface area (Å²) in [5.41, 5.74) is 2.42. The third-order valence-electron chi connectivity index (χ3n) is 6.37. The van der Waals surface area contributed by atoms with Crippen molar-refractivity contribution >= 4 is 23.7 Å². The van der Waals surface area contributed by atoms with Gasteiger partial charge in [0.25, 0.3) is 0 Å². The zero-order valence-corrected chi connectivity index (χ0v) is 22.3. The maximum absolute atomic E-state index is 13.1. The van der Waals surface area contributed by atoms with Crippen LogP contribution in [0.15, 0.2) is 24.3 Å². The number of rotatable bonds is 5. The van der Waals surface area contributed by atoms with Gasteiger partial charge in [-0.25, -0.2) is 4.79 Å². The van der Waals surface area contributed by atoms with Gasteiger partial charge in [0.15, 0.2) is 0 Å². The highest BCUT2D eigenvalue weighted by Crippen LogP contribution is 2.44. The first kappa shape index (κ1) is 25.9. The van der Waals surface area contributed by atoms with Crippen molar-refractivity contribution in [1.29, 1.82) is 0 Å². The second kappa shape index (κ2) is 10.3. The minimum absolute atomic E-state index is 0.0119. The van der Waals surface area contributed by atoms with Crippen molar-refractivity contribution in [2.24, 2.45) is 0 Å². The molecule has 0 aromatic heterocycles. The molecule has 0 spiro atoms. The number of benzene rings is 1. The summed E-state index contributed by atoms with van der Waals surface area (Å²) >= 11 is 1.79. The van der Waals surface area contributed by atoms with Crippen LogP contribution in [-0.2, 0) is 10.2 Å². The number of nitrogens with zero attached hydrogens (tertiary/aromatic N) is 3. The van der Waals surface area contributed by atoms with E-state index in [1.807, 2.05) is 25.7 Å². The summed E-state index contributed by atoms with van der Waals surface area (Å²) in [6, 6.07) is 8.82. The Bertz CT molecular complexity index is 820. The lowest BCUT2D eigenvalue weighted by Gasteiger charge is -2.37. The third kappa shape index (κ3) is 6.66. The molecule has 3 rings (SSSR count). The highest BCUT2D eigenvalue weighted by atomic mass is 32.2. The van der Waals surface area contributed by atoms with Crippen LogP contribution in [0.4, 0.5) is 4.79 Å². The standard InChI is InChI=1S/C26H42N4O2S/c1-8-21-22(31)30(23(33-21)19-9-11-20(12-10-19)25(2,3)4)18-15-28-13-16-29(17-14-28)24(32)27-26(5,6)7/h9-12,21,23H,8,13-18H2,1-7H3,(H,27,32)/t21-,23-/m1/s1. The SMILES string of the molecule is CC[C@H]1S[C@H](c2ccc(C(C)(C)C)cc2)N(CCN2CCN(C(=O)NC(C)(C)C)CC2)C1=O. The van der Waals surface area contributed by atoms with Crippen LogP contribution in [0.2, 0.25) is 0 Å². The molecule has 0 aliphatic carbocycles. The lowest BCUT2D eigenvalue weighted by atomic mass is 9.86. The van der Waals surface area contributed by atoms with Crippen molar-refractivity contribution < 1.29 is 9.59 Å². The quantitative estimate of drug-likeness (QED) is 0.684. The Morgan fingerprint density at radius 1 is 1.00 bits per heavy atom. The Morgan fingerprint density at radius 3 is 2.12 bits per heavy atom. The first-order valence-electron chi connectivity index (χ1n) is 12.2. The summed E-state index contributed by atoms with van der Waals surface area (Å²) in [6.07, 6.45) is 0.859. The van der Waals surface area contributed by atoms with E-state index in [0.29, 0.717) is 0 Å². The molecular formula is C26H42N4O2S. The third-order valence-corrected chi connectivity index (χ3v) is 8.01. The van der Waals surface area contributed by atoms with E-state index in [2.05, 4.69) is 67.1 Å². The van der Waals surface area contributed by atoms with Gasteiger partial charge in [0.05, 0.1) is 5.25 Å². The monoisotopic (exact) mass is 474 g/mol. The fourth-order valence-electron chi connectivity index (χ4n) is 4.32. The number of nitrogens with one attached hydrogen (secondary N) is 1. The first-order valence-corrected chi connectivity index (χ1v) is 13.2. The number of thioether (sulfide) groups is 1. The van der Waals surface area contributed by atoms with Crippen LogP contribution < -0.4 is 5.32 Å². The smallest absolute Gasteiger partial charge is 0.317 e. The molecule has 3 amide bonds. The van der Waals surface area contributed by atoms with Crippen molar-refractivity contribution in [1.82, 2.24) is 20.0 Å². The van der Waals surface area contributed by atoms with E-state index in [0.717, 1.165) is 45.7 Å². The fraction of sp³-hybridized carbons (Fsp3) is 0.692. The van der Waals surface area contributed by atoms with E-state index < -0.39 is 0 Å². The molecule has 0 radical (unpaired) electrons. The van der Waals surface area contributed by atoms with Crippen LogP contribution in [0.3, 0.4) is 0 Å². The lowest BCUT2D eigenvalue weighted by molar-refractivity contribution is -0.130. The van der Waals surface area contributed by atoms with E-state index in [1.54, 1.807) is 11.8 Å². The van der Waals surface area contributed by atoms with Crippen molar-refractivity contribution in [3.63, 3.8) is 0 Å². The molecule has 184 valence electrons. The van der Waals surface area contributed by atoms with Gasteiger partial charge < -0.3 is 15.1 Å². The molecule has 2 aliphatic heterocycles. The zero-order valence-electron chi connectivity index (χ0n) is 21.5. The van der Waals surface area contributed by atoms with Gasteiger partial charge in [0, 0.05) is 44.8 Å². The van der Waals surface area contributed by atoms with Crippen LogP contribution >= 0.6 is 11.8 Å². The van der Waals surface area contributed by atoms with Crippen LogP contribution in [0.5, 0.6) is 0 Å². The van der Waals surface area contributed by atoms with Crippen LogP contribution in [0.25, 0.3) is 0 Å². The second-order valence-electron chi connectivity index (χ2n) is 11.3. The van der Waals surface area contributed by atoms with E-state index in [4.69, 9.17) is 0 Å². The van der Waals surface area contributed by atoms with Crippen LogP contribution in [0, 0.1) is 0 Å². The van der Waals surface area contributed by atoms with Gasteiger partial charge in [-0.2, -0.15) is 0 Å². The molecule has 2 atom stereocenters. The molecule has 2 heterocycles.